The fourth-order valence-corrected chi connectivity index (χ4v) is 1.37. The van der Waals surface area contributed by atoms with Crippen molar-refractivity contribution in [3.05, 3.63) is 28.5 Å². The minimum absolute atomic E-state index is 0.0179. The van der Waals surface area contributed by atoms with Crippen LogP contribution in [0.25, 0.3) is 0 Å². The van der Waals surface area contributed by atoms with Crippen LogP contribution in [-0.4, -0.2) is 7.11 Å². The molecule has 1 aromatic rings. The van der Waals surface area contributed by atoms with Crippen molar-refractivity contribution in [2.75, 3.05) is 7.11 Å². The smallest absolute Gasteiger partial charge is 0.145 e. The summed E-state index contributed by atoms with van der Waals surface area (Å²) < 4.78 is 17.7. The summed E-state index contributed by atoms with van der Waals surface area (Å²) in [5, 5.41) is -0.0179. The van der Waals surface area contributed by atoms with E-state index in [1.165, 1.54) is 13.2 Å². The van der Waals surface area contributed by atoms with E-state index in [9.17, 15) is 4.39 Å². The monoisotopic (exact) mass is 208 g/mol. The second-order valence-electron chi connectivity index (χ2n) is 2.19. The van der Waals surface area contributed by atoms with Gasteiger partial charge < -0.3 is 4.74 Å². The first-order valence-electron chi connectivity index (χ1n) is 3.27. The molecular formula is C8H7Cl2FO. The Balaban J connectivity index is 3.25. The average molecular weight is 209 g/mol. The SMILES string of the molecule is COc1c(CCl)ccc(F)c1Cl. The normalized spacial score (nSPS) is 10.0. The van der Waals surface area contributed by atoms with E-state index >= 15 is 0 Å². The van der Waals surface area contributed by atoms with Gasteiger partial charge in [-0.3, -0.25) is 0 Å². The molecule has 0 radical (unpaired) electrons. The van der Waals surface area contributed by atoms with Crippen molar-refractivity contribution >= 4 is 23.2 Å². The molecule has 0 unspecified atom stereocenters. The Hall–Kier alpha value is -0.470. The van der Waals surface area contributed by atoms with E-state index in [1.54, 1.807) is 6.07 Å². The number of rotatable bonds is 2. The summed E-state index contributed by atoms with van der Waals surface area (Å²) in [6.45, 7) is 0. The summed E-state index contributed by atoms with van der Waals surface area (Å²) in [7, 11) is 1.43. The lowest BCUT2D eigenvalue weighted by Gasteiger charge is -2.07. The van der Waals surface area contributed by atoms with Crippen molar-refractivity contribution in [3.63, 3.8) is 0 Å². The maximum absolute atomic E-state index is 12.8. The van der Waals surface area contributed by atoms with Gasteiger partial charge in [-0.2, -0.15) is 0 Å². The zero-order valence-electron chi connectivity index (χ0n) is 6.40. The zero-order valence-corrected chi connectivity index (χ0v) is 7.92. The molecule has 0 saturated carbocycles. The van der Waals surface area contributed by atoms with Gasteiger partial charge in [-0.05, 0) is 6.07 Å². The molecule has 0 bridgehead atoms. The summed E-state index contributed by atoms with van der Waals surface area (Å²) >= 11 is 11.2. The highest BCUT2D eigenvalue weighted by atomic mass is 35.5. The summed E-state index contributed by atoms with van der Waals surface area (Å²) in [6.07, 6.45) is 0. The van der Waals surface area contributed by atoms with E-state index in [0.717, 1.165) is 0 Å². The van der Waals surface area contributed by atoms with Gasteiger partial charge in [0, 0.05) is 5.56 Å². The van der Waals surface area contributed by atoms with Crippen LogP contribution in [0.5, 0.6) is 5.75 Å². The number of hydrogen-bond donors (Lipinski definition) is 0. The van der Waals surface area contributed by atoms with Crippen molar-refractivity contribution in [3.8, 4) is 5.75 Å². The molecule has 0 atom stereocenters. The van der Waals surface area contributed by atoms with Crippen LogP contribution in [0.3, 0.4) is 0 Å². The number of hydrogen-bond acceptors (Lipinski definition) is 1. The number of ether oxygens (including phenoxy) is 1. The highest BCUT2D eigenvalue weighted by Crippen LogP contribution is 2.31. The fourth-order valence-electron chi connectivity index (χ4n) is 0.898. The molecule has 0 amide bonds. The van der Waals surface area contributed by atoms with Crippen molar-refractivity contribution in [2.24, 2.45) is 0 Å². The lowest BCUT2D eigenvalue weighted by Crippen LogP contribution is -1.92. The molecule has 0 N–H and O–H groups in total. The van der Waals surface area contributed by atoms with Crippen molar-refractivity contribution in [1.82, 2.24) is 0 Å². The number of alkyl halides is 1. The van der Waals surface area contributed by atoms with Gasteiger partial charge in [0.2, 0.25) is 0 Å². The first-order chi connectivity index (χ1) is 5.70. The van der Waals surface area contributed by atoms with Crippen LogP contribution < -0.4 is 4.74 Å². The van der Waals surface area contributed by atoms with E-state index in [0.29, 0.717) is 11.3 Å². The molecule has 0 aromatic heterocycles. The molecule has 1 rings (SSSR count). The molecule has 66 valence electrons. The summed E-state index contributed by atoms with van der Waals surface area (Å²) in [5.74, 6) is 0.0671. The molecule has 1 aromatic carbocycles. The zero-order chi connectivity index (χ0) is 9.14. The van der Waals surface area contributed by atoms with Crippen LogP contribution in [0.15, 0.2) is 12.1 Å². The third kappa shape index (κ3) is 1.65. The van der Waals surface area contributed by atoms with E-state index < -0.39 is 5.82 Å². The van der Waals surface area contributed by atoms with Crippen molar-refractivity contribution in [1.29, 1.82) is 0 Å². The van der Waals surface area contributed by atoms with Crippen LogP contribution >= 0.6 is 23.2 Å². The molecule has 0 aliphatic rings. The molecule has 12 heavy (non-hydrogen) atoms. The summed E-state index contributed by atoms with van der Waals surface area (Å²) in [6, 6.07) is 2.82. The average Bonchev–Trinajstić information content (AvgIpc) is 2.09. The maximum atomic E-state index is 12.8. The Bertz CT molecular complexity index is 289. The highest BCUT2D eigenvalue weighted by molar-refractivity contribution is 6.32. The van der Waals surface area contributed by atoms with Crippen LogP contribution in [-0.2, 0) is 5.88 Å². The largest absolute Gasteiger partial charge is 0.495 e. The Morgan fingerprint density at radius 2 is 2.17 bits per heavy atom. The fraction of sp³-hybridized carbons (Fsp3) is 0.250. The summed E-state index contributed by atoms with van der Waals surface area (Å²) in [4.78, 5) is 0. The van der Waals surface area contributed by atoms with E-state index in [1.807, 2.05) is 0 Å². The minimum atomic E-state index is -0.498. The Labute approximate surface area is 80.0 Å². The molecule has 0 aliphatic carbocycles. The van der Waals surface area contributed by atoms with Gasteiger partial charge >= 0.3 is 0 Å². The third-order valence-corrected chi connectivity index (χ3v) is 2.12. The van der Waals surface area contributed by atoms with Gasteiger partial charge in [-0.25, -0.2) is 4.39 Å². The molecule has 1 nitrogen and oxygen atoms in total. The molecule has 0 heterocycles. The number of methoxy groups -OCH3 is 1. The maximum Gasteiger partial charge on any atom is 0.145 e. The van der Waals surface area contributed by atoms with Crippen LogP contribution in [0.2, 0.25) is 5.02 Å². The Morgan fingerprint density at radius 1 is 1.50 bits per heavy atom. The lowest BCUT2D eigenvalue weighted by molar-refractivity contribution is 0.408. The van der Waals surface area contributed by atoms with E-state index in [2.05, 4.69) is 0 Å². The lowest BCUT2D eigenvalue weighted by atomic mass is 10.2. The van der Waals surface area contributed by atoms with Crippen molar-refractivity contribution < 1.29 is 9.13 Å². The standard InChI is InChI=1S/C8H7Cl2FO/c1-12-8-5(4-9)2-3-6(11)7(8)10/h2-3H,4H2,1H3. The van der Waals surface area contributed by atoms with E-state index in [4.69, 9.17) is 27.9 Å². The van der Waals surface area contributed by atoms with Crippen molar-refractivity contribution in [2.45, 2.75) is 5.88 Å². The molecule has 0 aliphatic heterocycles. The minimum Gasteiger partial charge on any atom is -0.495 e. The Kier molecular flexibility index (Phi) is 3.18. The second kappa shape index (κ2) is 3.97. The van der Waals surface area contributed by atoms with Gasteiger partial charge in [-0.1, -0.05) is 17.7 Å². The first kappa shape index (κ1) is 9.62. The molecule has 0 fully saturated rings. The van der Waals surface area contributed by atoms with Gasteiger partial charge in [0.25, 0.3) is 0 Å². The quantitative estimate of drug-likeness (QED) is 0.679. The summed E-state index contributed by atoms with van der Waals surface area (Å²) in [5.41, 5.74) is 0.686. The molecule has 0 saturated heterocycles. The van der Waals surface area contributed by atoms with Gasteiger partial charge in [0.15, 0.2) is 0 Å². The third-order valence-electron chi connectivity index (χ3n) is 1.48. The topological polar surface area (TPSA) is 9.23 Å². The first-order valence-corrected chi connectivity index (χ1v) is 4.18. The van der Waals surface area contributed by atoms with Crippen LogP contribution in [0, 0.1) is 5.82 Å². The van der Waals surface area contributed by atoms with Gasteiger partial charge in [0.1, 0.15) is 16.6 Å². The van der Waals surface area contributed by atoms with Crippen LogP contribution in [0.4, 0.5) is 4.39 Å². The van der Waals surface area contributed by atoms with Crippen LogP contribution in [0.1, 0.15) is 5.56 Å². The second-order valence-corrected chi connectivity index (χ2v) is 2.83. The van der Waals surface area contributed by atoms with Gasteiger partial charge in [0.05, 0.1) is 13.0 Å². The molecule has 0 spiro atoms. The highest BCUT2D eigenvalue weighted by Gasteiger charge is 2.10. The predicted molar refractivity (Wildman–Crippen MR) is 47.5 cm³/mol. The van der Waals surface area contributed by atoms with Gasteiger partial charge in [-0.15, -0.1) is 11.6 Å². The molecule has 4 heteroatoms. The number of benzene rings is 1. The Morgan fingerprint density at radius 3 is 2.67 bits per heavy atom. The van der Waals surface area contributed by atoms with E-state index in [-0.39, 0.29) is 10.9 Å². The molecular weight excluding hydrogens is 202 g/mol. The predicted octanol–water partition coefficient (Wildman–Crippen LogP) is 3.23. The number of halogens is 3.